The van der Waals surface area contributed by atoms with Crippen LogP contribution in [0.25, 0.3) is 38.9 Å². The molecule has 6 aromatic rings. The molecule has 4 aromatic heterocycles. The van der Waals surface area contributed by atoms with Crippen molar-refractivity contribution in [2.75, 3.05) is 32.1 Å². The average molecular weight is 670 g/mol. The number of carbonyl (C=O) groups excluding carboxylic acids is 1. The van der Waals surface area contributed by atoms with Crippen LogP contribution in [-0.4, -0.2) is 90.6 Å². The number of ether oxygens (including phenoxy) is 2. The summed E-state index contributed by atoms with van der Waals surface area (Å²) in [7, 11) is 3.31. The number of rotatable bonds is 3. The van der Waals surface area contributed by atoms with Gasteiger partial charge in [-0.25, -0.2) is 37.8 Å². The molecule has 1 amide bonds. The van der Waals surface area contributed by atoms with E-state index in [0.717, 1.165) is 17.6 Å². The largest absolute Gasteiger partial charge is 0.472 e. The van der Waals surface area contributed by atoms with Gasteiger partial charge in [0.2, 0.25) is 11.8 Å². The molecule has 1 saturated heterocycles. The number of hydrogen-bond acceptors (Lipinski definition) is 9. The van der Waals surface area contributed by atoms with Crippen LogP contribution in [0.1, 0.15) is 12.2 Å². The lowest BCUT2D eigenvalue weighted by atomic mass is 10.0. The number of carbonyl (C=O) groups is 1. The maximum Gasteiger partial charge on any atom is 0.245 e. The lowest BCUT2D eigenvalue weighted by Gasteiger charge is -2.30. The van der Waals surface area contributed by atoms with Crippen molar-refractivity contribution in [3.63, 3.8) is 0 Å². The van der Waals surface area contributed by atoms with Crippen LogP contribution in [0.3, 0.4) is 0 Å². The molecule has 0 radical (unpaired) electrons. The van der Waals surface area contributed by atoms with Gasteiger partial charge in [-0.05, 0) is 36.8 Å². The molecular weight excluding hydrogens is 639 g/mol. The standard InChI is InChI=1S/C34H30F3N9O3/c1-18-42-27-11-21(36)9-24-19-6-7-38-30(8-19)49-22-12-29(34(47)43(2)14-23(48-3)16-44(18)31(24)27)45(15-22)32-25-13-41-46(33(25)40-17-39-32)28-5-4-20(35)10-26(28)37/h4-11,13,17,22-23,29H,12,14-16H2,1-3H3/t22-,23?,29-/m0/s1. The van der Waals surface area contributed by atoms with E-state index in [9.17, 15) is 18.0 Å². The molecule has 12 nitrogen and oxygen atoms in total. The minimum atomic E-state index is -0.804. The molecule has 2 aliphatic rings. The van der Waals surface area contributed by atoms with Gasteiger partial charge in [0, 0.05) is 57.1 Å². The van der Waals surface area contributed by atoms with E-state index >= 15 is 0 Å². The lowest BCUT2D eigenvalue weighted by Crippen LogP contribution is -2.47. The quantitative estimate of drug-likeness (QED) is 0.269. The Hall–Kier alpha value is -5.57. The summed E-state index contributed by atoms with van der Waals surface area (Å²) >= 11 is 0. The molecule has 1 fully saturated rings. The minimum Gasteiger partial charge on any atom is -0.472 e. The molecule has 1 unspecified atom stereocenters. The Morgan fingerprint density at radius 3 is 2.65 bits per heavy atom. The molecule has 2 aromatic carbocycles. The summed E-state index contributed by atoms with van der Waals surface area (Å²) < 4.78 is 59.0. The summed E-state index contributed by atoms with van der Waals surface area (Å²) in [5.74, 6) is -0.746. The van der Waals surface area contributed by atoms with E-state index in [1.165, 1.54) is 35.4 Å². The Bertz CT molecular complexity index is 2260. The first-order chi connectivity index (χ1) is 23.7. The molecule has 6 heterocycles. The fraction of sp³-hybridized carbons (Fsp3) is 0.294. The SMILES string of the molecule is COC1CN(C)C(=O)[C@@H]2C[C@@H](CN2c2ncnc3c2cnn3-c2ccc(F)cc2F)Oc2cc(ccn2)-c2cc(F)cc3nc(C)n(c23)C1. The maximum absolute atomic E-state index is 14.9. The number of aromatic nitrogens is 7. The number of amides is 1. The summed E-state index contributed by atoms with van der Waals surface area (Å²) in [5, 5.41) is 4.82. The topological polar surface area (TPSA) is 116 Å². The predicted molar refractivity (Wildman–Crippen MR) is 173 cm³/mol. The number of methoxy groups -OCH3 is 1. The Morgan fingerprint density at radius 1 is 0.980 bits per heavy atom. The van der Waals surface area contributed by atoms with Crippen LogP contribution in [0, 0.1) is 24.4 Å². The van der Waals surface area contributed by atoms with Crippen molar-refractivity contribution in [3.8, 4) is 22.7 Å². The van der Waals surface area contributed by atoms with Crippen LogP contribution in [0.2, 0.25) is 0 Å². The molecule has 2 aliphatic heterocycles. The van der Waals surface area contributed by atoms with E-state index in [4.69, 9.17) is 9.47 Å². The fourth-order valence-electron chi connectivity index (χ4n) is 6.91. The van der Waals surface area contributed by atoms with Crippen molar-refractivity contribution in [1.82, 2.24) is 39.2 Å². The Balaban J connectivity index is 1.22. The van der Waals surface area contributed by atoms with Crippen molar-refractivity contribution in [1.29, 1.82) is 0 Å². The van der Waals surface area contributed by atoms with E-state index in [1.807, 2.05) is 16.4 Å². The van der Waals surface area contributed by atoms with Crippen LogP contribution in [0.15, 0.2) is 61.2 Å². The van der Waals surface area contributed by atoms with Crippen LogP contribution >= 0.6 is 0 Å². The third-order valence-corrected chi connectivity index (χ3v) is 9.21. The highest BCUT2D eigenvalue weighted by atomic mass is 19.1. The van der Waals surface area contributed by atoms with Crippen molar-refractivity contribution in [3.05, 3.63) is 84.5 Å². The first kappa shape index (κ1) is 30.7. The highest BCUT2D eigenvalue weighted by molar-refractivity contribution is 5.94. The lowest BCUT2D eigenvalue weighted by molar-refractivity contribution is -0.133. The van der Waals surface area contributed by atoms with Gasteiger partial charge < -0.3 is 23.8 Å². The number of imidazole rings is 1. The summed E-state index contributed by atoms with van der Waals surface area (Å²) in [6, 6.07) is 8.92. The predicted octanol–water partition coefficient (Wildman–Crippen LogP) is 4.47. The molecule has 49 heavy (non-hydrogen) atoms. The summed E-state index contributed by atoms with van der Waals surface area (Å²) in [5.41, 5.74) is 2.86. The van der Waals surface area contributed by atoms with Crippen molar-refractivity contribution < 1.29 is 27.4 Å². The van der Waals surface area contributed by atoms with Crippen LogP contribution < -0.4 is 9.64 Å². The van der Waals surface area contributed by atoms with Gasteiger partial charge in [0.05, 0.1) is 41.8 Å². The second-order valence-electron chi connectivity index (χ2n) is 12.3. The molecule has 0 N–H and O–H groups in total. The minimum absolute atomic E-state index is 0.0147. The van der Waals surface area contributed by atoms with Crippen LogP contribution in [0.5, 0.6) is 5.88 Å². The van der Waals surface area contributed by atoms with Gasteiger partial charge in [-0.2, -0.15) is 5.10 Å². The summed E-state index contributed by atoms with van der Waals surface area (Å²) in [6.45, 7) is 2.70. The van der Waals surface area contributed by atoms with Gasteiger partial charge in [-0.3, -0.25) is 4.79 Å². The first-order valence-electron chi connectivity index (χ1n) is 15.7. The average Bonchev–Trinajstić information content (AvgIpc) is 3.78. The van der Waals surface area contributed by atoms with Gasteiger partial charge in [0.15, 0.2) is 11.5 Å². The first-order valence-corrected chi connectivity index (χ1v) is 15.7. The fourth-order valence-corrected chi connectivity index (χ4v) is 6.91. The zero-order valence-electron chi connectivity index (χ0n) is 26.7. The third kappa shape index (κ3) is 5.30. The second kappa shape index (κ2) is 11.8. The zero-order valence-corrected chi connectivity index (χ0v) is 26.7. The van der Waals surface area contributed by atoms with Gasteiger partial charge in [-0.1, -0.05) is 0 Å². The maximum atomic E-state index is 14.9. The van der Waals surface area contributed by atoms with Crippen LogP contribution in [0.4, 0.5) is 19.0 Å². The molecule has 8 rings (SSSR count). The number of nitrogens with zero attached hydrogens (tertiary/aromatic N) is 9. The highest BCUT2D eigenvalue weighted by Gasteiger charge is 2.42. The molecule has 3 atom stereocenters. The smallest absolute Gasteiger partial charge is 0.245 e. The van der Waals surface area contributed by atoms with E-state index in [2.05, 4.69) is 25.0 Å². The number of likely N-dealkylation sites (N-methyl/N-ethyl adjacent to an activating group) is 1. The zero-order chi connectivity index (χ0) is 34.0. The van der Waals surface area contributed by atoms with E-state index in [1.54, 1.807) is 37.4 Å². The van der Waals surface area contributed by atoms with Crippen molar-refractivity contribution >= 4 is 33.8 Å². The molecule has 0 spiro atoms. The summed E-state index contributed by atoms with van der Waals surface area (Å²) in [6.07, 6.45) is 3.78. The Kier molecular flexibility index (Phi) is 7.43. The van der Waals surface area contributed by atoms with Gasteiger partial charge in [-0.15, -0.1) is 0 Å². The van der Waals surface area contributed by atoms with Gasteiger partial charge in [0.25, 0.3) is 0 Å². The number of hydrogen-bond donors (Lipinski definition) is 0. The molecule has 0 saturated carbocycles. The number of pyridine rings is 1. The number of fused-ring (bicyclic) bond motifs is 6. The van der Waals surface area contributed by atoms with Crippen molar-refractivity contribution in [2.45, 2.75) is 38.1 Å². The Labute approximate surface area is 277 Å². The molecule has 4 bridgehead atoms. The van der Waals surface area contributed by atoms with E-state index < -0.39 is 35.7 Å². The molecule has 0 aliphatic carbocycles. The number of halogens is 3. The highest BCUT2D eigenvalue weighted by Crippen LogP contribution is 2.36. The second-order valence-corrected chi connectivity index (χ2v) is 12.3. The van der Waals surface area contributed by atoms with E-state index in [-0.39, 0.29) is 30.3 Å². The normalized spacial score (nSPS) is 19.7. The molecular formula is C34H30F3N9O3. The molecule has 250 valence electrons. The number of aryl methyl sites for hydroxylation is 1. The van der Waals surface area contributed by atoms with E-state index in [0.29, 0.717) is 52.5 Å². The Morgan fingerprint density at radius 2 is 1.84 bits per heavy atom. The van der Waals surface area contributed by atoms with Crippen molar-refractivity contribution in [2.24, 2.45) is 0 Å². The van der Waals surface area contributed by atoms with Gasteiger partial charge in [0.1, 0.15) is 47.4 Å². The monoisotopic (exact) mass is 669 g/mol. The third-order valence-electron chi connectivity index (χ3n) is 9.21. The number of benzene rings is 2. The van der Waals surface area contributed by atoms with Crippen LogP contribution in [-0.2, 0) is 16.1 Å². The molecule has 15 heteroatoms. The van der Waals surface area contributed by atoms with Gasteiger partial charge >= 0.3 is 0 Å². The number of anilines is 1. The summed E-state index contributed by atoms with van der Waals surface area (Å²) in [4.78, 5) is 35.7.